The van der Waals surface area contributed by atoms with Gasteiger partial charge in [-0.3, -0.25) is 0 Å². The van der Waals surface area contributed by atoms with Gasteiger partial charge in [0.25, 0.3) is 0 Å². The fraction of sp³-hybridized carbons (Fsp3) is 0.250. The Morgan fingerprint density at radius 2 is 1.86 bits per heavy atom. The van der Waals surface area contributed by atoms with Crippen molar-refractivity contribution in [3.05, 3.63) is 78.2 Å². The van der Waals surface area contributed by atoms with E-state index in [1.807, 2.05) is 12.3 Å². The summed E-state index contributed by atoms with van der Waals surface area (Å²) in [4.78, 5) is 9.43. The van der Waals surface area contributed by atoms with Gasteiger partial charge < -0.3 is 14.6 Å². The highest BCUT2D eigenvalue weighted by atomic mass is 16.5. The topological polar surface area (TPSA) is 52.0 Å². The van der Waals surface area contributed by atoms with Crippen LogP contribution in [0.2, 0.25) is 0 Å². The molecular formula is C24H22N4O. The second-order valence-electron chi connectivity index (χ2n) is 7.92. The van der Waals surface area contributed by atoms with E-state index in [4.69, 9.17) is 9.72 Å². The van der Waals surface area contributed by atoms with Gasteiger partial charge in [0.2, 0.25) is 5.88 Å². The highest BCUT2D eigenvalue weighted by molar-refractivity contribution is 5.83. The van der Waals surface area contributed by atoms with Crippen LogP contribution in [0.3, 0.4) is 0 Å². The van der Waals surface area contributed by atoms with Crippen LogP contribution in [-0.4, -0.2) is 34.7 Å². The number of imidazole rings is 1. The molecule has 5 heteroatoms. The number of fused-ring (bicyclic) bond motifs is 5. The first-order valence-corrected chi connectivity index (χ1v) is 10.1. The van der Waals surface area contributed by atoms with Gasteiger partial charge in [0.05, 0.1) is 24.2 Å². The lowest BCUT2D eigenvalue weighted by Crippen LogP contribution is -2.19. The SMILES string of the molecule is COc1ccc(-c2ccc3nc4n(c3c2)[C@@H](c2ccccc2)[C@H]2CNC[C@@H]42)cn1. The first-order chi connectivity index (χ1) is 14.3. The number of nitrogens with one attached hydrogen (secondary N) is 1. The predicted octanol–water partition coefficient (Wildman–Crippen LogP) is 4.01. The maximum Gasteiger partial charge on any atom is 0.212 e. The summed E-state index contributed by atoms with van der Waals surface area (Å²) < 4.78 is 7.69. The molecule has 2 aliphatic rings. The third-order valence-electron chi connectivity index (χ3n) is 6.41. The molecule has 0 spiro atoms. The van der Waals surface area contributed by atoms with Gasteiger partial charge in [-0.1, -0.05) is 36.4 Å². The van der Waals surface area contributed by atoms with Crippen molar-refractivity contribution >= 4 is 11.0 Å². The van der Waals surface area contributed by atoms with E-state index in [0.717, 1.165) is 29.7 Å². The lowest BCUT2D eigenvalue weighted by molar-refractivity contribution is 0.398. The summed E-state index contributed by atoms with van der Waals surface area (Å²) >= 11 is 0. The highest BCUT2D eigenvalue weighted by Gasteiger charge is 2.46. The standard InChI is InChI=1S/C24H22N4O/c1-29-22-10-8-17(12-26-22)16-7-9-20-21(11-16)28-23(15-5-3-2-4-6-15)18-13-25-14-19(18)24(28)27-20/h2-12,18-19,23,25H,13-14H2,1H3/t18-,19+,23-/m0/s1. The number of ether oxygens (including phenoxy) is 1. The molecule has 29 heavy (non-hydrogen) atoms. The van der Waals surface area contributed by atoms with Crippen LogP contribution in [0.25, 0.3) is 22.2 Å². The van der Waals surface area contributed by atoms with Crippen LogP contribution in [-0.2, 0) is 0 Å². The molecule has 1 fully saturated rings. The summed E-state index contributed by atoms with van der Waals surface area (Å²) in [6, 6.07) is 21.7. The molecule has 144 valence electrons. The number of methoxy groups -OCH3 is 1. The number of benzene rings is 2. The molecule has 2 aromatic heterocycles. The predicted molar refractivity (Wildman–Crippen MR) is 113 cm³/mol. The molecule has 2 aromatic carbocycles. The Balaban J connectivity index is 1.53. The van der Waals surface area contributed by atoms with Gasteiger partial charge in [-0.15, -0.1) is 0 Å². The number of pyridine rings is 1. The smallest absolute Gasteiger partial charge is 0.212 e. The third kappa shape index (κ3) is 2.51. The summed E-state index contributed by atoms with van der Waals surface area (Å²) in [6.45, 7) is 2.05. The minimum absolute atomic E-state index is 0.320. The molecule has 0 amide bonds. The van der Waals surface area contributed by atoms with Crippen molar-refractivity contribution in [2.24, 2.45) is 5.92 Å². The molecule has 3 atom stereocenters. The van der Waals surface area contributed by atoms with Gasteiger partial charge >= 0.3 is 0 Å². The molecule has 0 aliphatic carbocycles. The van der Waals surface area contributed by atoms with Gasteiger partial charge in [0.1, 0.15) is 5.82 Å². The first kappa shape index (κ1) is 16.7. The monoisotopic (exact) mass is 382 g/mol. The largest absolute Gasteiger partial charge is 0.481 e. The Morgan fingerprint density at radius 3 is 2.66 bits per heavy atom. The number of hydrogen-bond acceptors (Lipinski definition) is 4. The molecule has 4 heterocycles. The van der Waals surface area contributed by atoms with Crippen LogP contribution in [0.5, 0.6) is 5.88 Å². The van der Waals surface area contributed by atoms with Crippen molar-refractivity contribution in [2.45, 2.75) is 12.0 Å². The highest BCUT2D eigenvalue weighted by Crippen LogP contribution is 2.48. The zero-order chi connectivity index (χ0) is 19.4. The van der Waals surface area contributed by atoms with E-state index < -0.39 is 0 Å². The van der Waals surface area contributed by atoms with Gasteiger partial charge in [0, 0.05) is 42.8 Å². The van der Waals surface area contributed by atoms with E-state index in [1.165, 1.54) is 16.9 Å². The lowest BCUT2D eigenvalue weighted by Gasteiger charge is -2.21. The van der Waals surface area contributed by atoms with Crippen molar-refractivity contribution < 1.29 is 4.74 Å². The van der Waals surface area contributed by atoms with Crippen molar-refractivity contribution in [2.75, 3.05) is 20.2 Å². The van der Waals surface area contributed by atoms with Crippen LogP contribution in [0.15, 0.2) is 66.9 Å². The molecule has 0 unspecified atom stereocenters. The van der Waals surface area contributed by atoms with Crippen LogP contribution in [0.1, 0.15) is 23.3 Å². The second-order valence-corrected chi connectivity index (χ2v) is 7.92. The van der Waals surface area contributed by atoms with Crippen molar-refractivity contribution in [3.8, 4) is 17.0 Å². The second kappa shape index (κ2) is 6.42. The zero-order valence-electron chi connectivity index (χ0n) is 16.2. The number of aromatic nitrogens is 3. The van der Waals surface area contributed by atoms with E-state index in [9.17, 15) is 0 Å². The van der Waals surface area contributed by atoms with Gasteiger partial charge in [-0.2, -0.15) is 0 Å². The van der Waals surface area contributed by atoms with E-state index in [2.05, 4.69) is 69.5 Å². The summed E-state index contributed by atoms with van der Waals surface area (Å²) in [7, 11) is 1.64. The number of nitrogens with zero attached hydrogens (tertiary/aromatic N) is 3. The fourth-order valence-corrected chi connectivity index (χ4v) is 5.07. The molecule has 1 saturated heterocycles. The van der Waals surface area contributed by atoms with E-state index in [1.54, 1.807) is 7.11 Å². The van der Waals surface area contributed by atoms with Crippen LogP contribution < -0.4 is 10.1 Å². The van der Waals surface area contributed by atoms with Gasteiger partial charge in [-0.05, 0) is 29.3 Å². The van der Waals surface area contributed by atoms with Crippen LogP contribution >= 0.6 is 0 Å². The maximum absolute atomic E-state index is 5.20. The molecule has 2 aliphatic heterocycles. The molecule has 0 saturated carbocycles. The summed E-state index contributed by atoms with van der Waals surface area (Å²) in [6.07, 6.45) is 1.87. The molecular weight excluding hydrogens is 360 g/mol. The summed E-state index contributed by atoms with van der Waals surface area (Å²) in [5.41, 5.74) is 5.87. The molecule has 0 radical (unpaired) electrons. The van der Waals surface area contributed by atoms with Crippen LogP contribution in [0, 0.1) is 5.92 Å². The van der Waals surface area contributed by atoms with Crippen molar-refractivity contribution in [3.63, 3.8) is 0 Å². The zero-order valence-corrected chi connectivity index (χ0v) is 16.2. The molecule has 0 bridgehead atoms. The van der Waals surface area contributed by atoms with E-state index in [0.29, 0.717) is 23.8 Å². The first-order valence-electron chi connectivity index (χ1n) is 10.1. The van der Waals surface area contributed by atoms with Crippen LogP contribution in [0.4, 0.5) is 0 Å². The summed E-state index contributed by atoms with van der Waals surface area (Å²) in [5, 5.41) is 3.58. The van der Waals surface area contributed by atoms with Crippen molar-refractivity contribution in [1.29, 1.82) is 0 Å². The Kier molecular flexibility index (Phi) is 3.71. The minimum Gasteiger partial charge on any atom is -0.481 e. The summed E-state index contributed by atoms with van der Waals surface area (Å²) in [5.74, 6) is 2.87. The fourth-order valence-electron chi connectivity index (χ4n) is 5.07. The Bertz CT molecular complexity index is 1180. The van der Waals surface area contributed by atoms with Crippen molar-refractivity contribution in [1.82, 2.24) is 19.9 Å². The maximum atomic E-state index is 5.20. The Hall–Kier alpha value is -3.18. The average Bonchev–Trinajstić information content (AvgIpc) is 3.46. The minimum atomic E-state index is 0.320. The Morgan fingerprint density at radius 1 is 1.00 bits per heavy atom. The molecule has 4 aromatic rings. The van der Waals surface area contributed by atoms with E-state index in [-0.39, 0.29) is 0 Å². The Labute approximate surface area is 169 Å². The lowest BCUT2D eigenvalue weighted by atomic mass is 9.88. The molecule has 5 nitrogen and oxygen atoms in total. The third-order valence-corrected chi connectivity index (χ3v) is 6.41. The number of rotatable bonds is 3. The normalized spacial score (nSPS) is 22.6. The molecule has 6 rings (SSSR count). The molecule has 1 N–H and O–H groups in total. The number of hydrogen-bond donors (Lipinski definition) is 1. The quantitative estimate of drug-likeness (QED) is 0.582. The average molecular weight is 382 g/mol. The van der Waals surface area contributed by atoms with Gasteiger partial charge in [0.15, 0.2) is 0 Å². The van der Waals surface area contributed by atoms with Gasteiger partial charge in [-0.25, -0.2) is 9.97 Å². The van der Waals surface area contributed by atoms with E-state index >= 15 is 0 Å².